The Bertz CT molecular complexity index is 422. The highest BCUT2D eigenvalue weighted by Crippen LogP contribution is 2.36. The summed E-state index contributed by atoms with van der Waals surface area (Å²) in [6.07, 6.45) is 5.51. The van der Waals surface area contributed by atoms with Crippen molar-refractivity contribution in [2.75, 3.05) is 13.1 Å². The monoisotopic (exact) mass is 279 g/mol. The number of likely N-dealkylation sites (tertiary alicyclic amines) is 1. The van der Waals surface area contributed by atoms with Crippen molar-refractivity contribution in [1.82, 2.24) is 20.1 Å². The molecule has 1 saturated heterocycles. The fourth-order valence-electron chi connectivity index (χ4n) is 3.41. The largest absolute Gasteiger partial charge is 0.296 e. The molecule has 5 nitrogen and oxygen atoms in total. The van der Waals surface area contributed by atoms with Crippen molar-refractivity contribution in [2.24, 2.45) is 5.84 Å². The zero-order valence-corrected chi connectivity index (χ0v) is 13.3. The van der Waals surface area contributed by atoms with Gasteiger partial charge in [0.25, 0.3) is 0 Å². The van der Waals surface area contributed by atoms with Crippen LogP contribution in [0.3, 0.4) is 0 Å². The van der Waals surface area contributed by atoms with E-state index >= 15 is 0 Å². The van der Waals surface area contributed by atoms with E-state index in [-0.39, 0.29) is 11.6 Å². The predicted octanol–water partition coefficient (Wildman–Crippen LogP) is 2.23. The van der Waals surface area contributed by atoms with Crippen molar-refractivity contribution < 1.29 is 0 Å². The average Bonchev–Trinajstić information content (AvgIpc) is 3.10. The highest BCUT2D eigenvalue weighted by molar-refractivity contribution is 5.15. The molecule has 0 spiro atoms. The van der Waals surface area contributed by atoms with Gasteiger partial charge < -0.3 is 0 Å². The van der Waals surface area contributed by atoms with E-state index in [0.717, 1.165) is 6.42 Å². The number of aromatic nitrogens is 2. The zero-order valence-electron chi connectivity index (χ0n) is 13.3. The summed E-state index contributed by atoms with van der Waals surface area (Å²) in [5.41, 5.74) is 4.27. The molecule has 1 fully saturated rings. The number of hydrogen-bond donors (Lipinski definition) is 2. The van der Waals surface area contributed by atoms with Crippen LogP contribution in [-0.4, -0.2) is 33.3 Å². The summed E-state index contributed by atoms with van der Waals surface area (Å²) < 4.78 is 2.08. The van der Waals surface area contributed by atoms with Crippen molar-refractivity contribution in [1.29, 1.82) is 0 Å². The molecule has 1 aliphatic heterocycles. The normalized spacial score (nSPS) is 21.3. The predicted molar refractivity (Wildman–Crippen MR) is 82.2 cm³/mol. The van der Waals surface area contributed by atoms with Gasteiger partial charge in [-0.1, -0.05) is 6.92 Å². The molecule has 0 aromatic carbocycles. The van der Waals surface area contributed by atoms with Gasteiger partial charge in [0.05, 0.1) is 11.7 Å². The first-order chi connectivity index (χ1) is 9.54. The highest BCUT2D eigenvalue weighted by Gasteiger charge is 2.41. The lowest BCUT2D eigenvalue weighted by Crippen LogP contribution is -2.55. The number of nitrogens with two attached hydrogens (primary N) is 1. The fourth-order valence-corrected chi connectivity index (χ4v) is 3.41. The van der Waals surface area contributed by atoms with Crippen LogP contribution in [0.2, 0.25) is 0 Å². The summed E-state index contributed by atoms with van der Waals surface area (Å²) in [5.74, 6) is 5.94. The van der Waals surface area contributed by atoms with E-state index in [1.54, 1.807) is 0 Å². The molecule has 2 atom stereocenters. The zero-order chi connectivity index (χ0) is 14.8. The summed E-state index contributed by atoms with van der Waals surface area (Å²) >= 11 is 0. The summed E-state index contributed by atoms with van der Waals surface area (Å²) in [6, 6.07) is 2.53. The maximum atomic E-state index is 5.94. The minimum Gasteiger partial charge on any atom is -0.296 e. The number of nitrogens with zero attached hydrogens (tertiary/aromatic N) is 3. The molecule has 114 valence electrons. The molecule has 2 heterocycles. The summed E-state index contributed by atoms with van der Waals surface area (Å²) in [4.78, 5) is 2.58. The lowest BCUT2D eigenvalue weighted by molar-refractivity contribution is 0.0796. The van der Waals surface area contributed by atoms with Gasteiger partial charge in [-0.3, -0.25) is 15.4 Å². The molecule has 0 aliphatic carbocycles. The van der Waals surface area contributed by atoms with Crippen LogP contribution >= 0.6 is 0 Å². The first-order valence-corrected chi connectivity index (χ1v) is 7.79. The second-order valence-corrected chi connectivity index (χ2v) is 6.30. The van der Waals surface area contributed by atoms with E-state index in [2.05, 4.69) is 53.9 Å². The van der Waals surface area contributed by atoms with Gasteiger partial charge in [0, 0.05) is 17.8 Å². The van der Waals surface area contributed by atoms with Crippen LogP contribution in [0.5, 0.6) is 0 Å². The van der Waals surface area contributed by atoms with Gasteiger partial charge in [-0.2, -0.15) is 5.10 Å². The van der Waals surface area contributed by atoms with E-state index < -0.39 is 0 Å². The SMILES string of the molecule is CCC(C)(C(NN)c1ccnn1C(C)C)N1CCCC1. The molecule has 2 rings (SSSR count). The molecule has 2 unspecified atom stereocenters. The van der Waals surface area contributed by atoms with Crippen LogP contribution in [0, 0.1) is 0 Å². The Balaban J connectivity index is 2.35. The van der Waals surface area contributed by atoms with Crippen LogP contribution < -0.4 is 11.3 Å². The van der Waals surface area contributed by atoms with Crippen LogP contribution in [0.25, 0.3) is 0 Å². The van der Waals surface area contributed by atoms with Crippen molar-refractivity contribution in [3.05, 3.63) is 18.0 Å². The van der Waals surface area contributed by atoms with Gasteiger partial charge in [0.2, 0.25) is 0 Å². The van der Waals surface area contributed by atoms with E-state index in [4.69, 9.17) is 5.84 Å². The molecule has 20 heavy (non-hydrogen) atoms. The van der Waals surface area contributed by atoms with Crippen molar-refractivity contribution >= 4 is 0 Å². The summed E-state index contributed by atoms with van der Waals surface area (Å²) in [5, 5.41) is 4.46. The first-order valence-electron chi connectivity index (χ1n) is 7.79. The Kier molecular flexibility index (Phi) is 4.83. The van der Waals surface area contributed by atoms with E-state index in [9.17, 15) is 0 Å². The van der Waals surface area contributed by atoms with Crippen molar-refractivity contribution in [3.63, 3.8) is 0 Å². The Labute approximate surface area is 122 Å². The minimum atomic E-state index is 0.0257. The van der Waals surface area contributed by atoms with Gasteiger partial charge in [0.1, 0.15) is 0 Å². The third-order valence-electron chi connectivity index (χ3n) is 4.82. The average molecular weight is 279 g/mol. The van der Waals surface area contributed by atoms with Gasteiger partial charge in [-0.25, -0.2) is 5.43 Å². The number of hydrogen-bond acceptors (Lipinski definition) is 4. The molecule has 3 N–H and O–H groups in total. The number of hydrazine groups is 1. The van der Waals surface area contributed by atoms with Crippen LogP contribution in [0.4, 0.5) is 0 Å². The maximum Gasteiger partial charge on any atom is 0.0809 e. The number of rotatable bonds is 6. The van der Waals surface area contributed by atoms with Gasteiger partial charge in [0.15, 0.2) is 0 Å². The third kappa shape index (κ3) is 2.62. The molecule has 0 bridgehead atoms. The first kappa shape index (κ1) is 15.5. The molecular weight excluding hydrogens is 250 g/mol. The molecule has 5 heteroatoms. The Morgan fingerprint density at radius 2 is 2.05 bits per heavy atom. The van der Waals surface area contributed by atoms with Gasteiger partial charge >= 0.3 is 0 Å². The minimum absolute atomic E-state index is 0.0257. The third-order valence-corrected chi connectivity index (χ3v) is 4.82. The smallest absolute Gasteiger partial charge is 0.0809 e. The Morgan fingerprint density at radius 1 is 1.40 bits per heavy atom. The number of nitrogens with one attached hydrogen (secondary N) is 1. The molecule has 0 saturated carbocycles. The molecule has 1 aromatic heterocycles. The molecule has 0 radical (unpaired) electrons. The van der Waals surface area contributed by atoms with E-state index in [1.807, 2.05) is 6.20 Å². The molecule has 0 amide bonds. The quantitative estimate of drug-likeness (QED) is 0.619. The second-order valence-electron chi connectivity index (χ2n) is 6.30. The maximum absolute atomic E-state index is 5.94. The fraction of sp³-hybridized carbons (Fsp3) is 0.800. The topological polar surface area (TPSA) is 59.1 Å². The lowest BCUT2D eigenvalue weighted by Gasteiger charge is -2.44. The van der Waals surface area contributed by atoms with Crippen LogP contribution in [-0.2, 0) is 0 Å². The Morgan fingerprint density at radius 3 is 2.55 bits per heavy atom. The van der Waals surface area contributed by atoms with Gasteiger partial charge in [-0.15, -0.1) is 0 Å². The highest BCUT2D eigenvalue weighted by atomic mass is 15.4. The second kappa shape index (κ2) is 6.24. The Hall–Kier alpha value is -0.910. The lowest BCUT2D eigenvalue weighted by atomic mass is 9.85. The molecule has 1 aromatic rings. The van der Waals surface area contributed by atoms with Crippen molar-refractivity contribution in [2.45, 2.75) is 64.6 Å². The van der Waals surface area contributed by atoms with E-state index in [0.29, 0.717) is 6.04 Å². The van der Waals surface area contributed by atoms with Gasteiger partial charge in [-0.05, 0) is 59.2 Å². The molecule has 1 aliphatic rings. The van der Waals surface area contributed by atoms with Crippen LogP contribution in [0.1, 0.15) is 64.7 Å². The standard InChI is InChI=1S/C15H29N5/c1-5-15(4,19-10-6-7-11-19)14(18-16)13-8-9-17-20(13)12(2)3/h8-9,12,14,18H,5-7,10-11,16H2,1-4H3. The molecular formula is C15H29N5. The van der Waals surface area contributed by atoms with Crippen LogP contribution in [0.15, 0.2) is 12.3 Å². The summed E-state index contributed by atoms with van der Waals surface area (Å²) in [7, 11) is 0. The summed E-state index contributed by atoms with van der Waals surface area (Å²) in [6.45, 7) is 11.2. The van der Waals surface area contributed by atoms with E-state index in [1.165, 1.54) is 31.6 Å². The van der Waals surface area contributed by atoms with Crippen molar-refractivity contribution in [3.8, 4) is 0 Å².